The number of rotatable bonds is 9. The van der Waals surface area contributed by atoms with Crippen molar-refractivity contribution in [3.8, 4) is 11.4 Å². The predicted molar refractivity (Wildman–Crippen MR) is 165 cm³/mol. The lowest BCUT2D eigenvalue weighted by Gasteiger charge is -2.36. The molecule has 0 unspecified atom stereocenters. The van der Waals surface area contributed by atoms with E-state index in [9.17, 15) is 27.6 Å². The van der Waals surface area contributed by atoms with Crippen LogP contribution in [0.15, 0.2) is 53.0 Å². The van der Waals surface area contributed by atoms with Gasteiger partial charge < -0.3 is 20.8 Å². The van der Waals surface area contributed by atoms with Gasteiger partial charge in [0.1, 0.15) is 11.6 Å². The number of primary amides is 1. The van der Waals surface area contributed by atoms with Crippen molar-refractivity contribution in [3.63, 3.8) is 0 Å². The number of aromatic nitrogens is 3. The van der Waals surface area contributed by atoms with Gasteiger partial charge in [-0.25, -0.2) is 4.79 Å². The van der Waals surface area contributed by atoms with Crippen LogP contribution in [-0.2, 0) is 26.9 Å². The number of carbonyl (C=O) groups excluding carboxylic acids is 3. The van der Waals surface area contributed by atoms with E-state index in [4.69, 9.17) is 10.5 Å². The van der Waals surface area contributed by atoms with Crippen molar-refractivity contribution < 1.29 is 32.3 Å². The van der Waals surface area contributed by atoms with E-state index in [1.165, 1.54) is 17.0 Å². The van der Waals surface area contributed by atoms with Crippen molar-refractivity contribution in [1.29, 1.82) is 0 Å². The van der Waals surface area contributed by atoms with Gasteiger partial charge in [-0.2, -0.15) is 13.2 Å². The molecule has 10 nitrogen and oxygen atoms in total. The Morgan fingerprint density at radius 3 is 2.29 bits per heavy atom. The standard InChI is InChI=1S/C31H36BrF3N6O4/c1-30(2,3)45-29(44)37-17-18-7-9-21(10-8-18)27(43)41(24(25(36)42)16-19-5-4-6-22(32)15-19)23-13-11-20(12-14-23)26-38-28(40-39-26)31(33,34)35/h4-6,11-15,18,21,24H,7-10,16-17H2,1-3H3,(H2,36,42)(H,37,44)(H,38,39,40)/t18-,21-,24-/m0/s1. The molecule has 4 rings (SSSR count). The normalized spacial score (nSPS) is 17.8. The predicted octanol–water partition coefficient (Wildman–Crippen LogP) is 6.01. The Morgan fingerprint density at radius 2 is 1.73 bits per heavy atom. The summed E-state index contributed by atoms with van der Waals surface area (Å²) in [5, 5.41) is 9.56. The van der Waals surface area contributed by atoms with E-state index >= 15 is 0 Å². The third kappa shape index (κ3) is 9.28. The Bertz CT molecular complexity index is 1500. The summed E-state index contributed by atoms with van der Waals surface area (Å²) in [6.07, 6.45) is -2.59. The van der Waals surface area contributed by atoms with Crippen molar-refractivity contribution in [2.45, 2.75) is 70.7 Å². The number of hydrogen-bond acceptors (Lipinski definition) is 6. The molecule has 1 fully saturated rings. The van der Waals surface area contributed by atoms with Gasteiger partial charge in [-0.05, 0) is 94.3 Å². The molecule has 45 heavy (non-hydrogen) atoms. The van der Waals surface area contributed by atoms with Crippen molar-refractivity contribution in [1.82, 2.24) is 20.5 Å². The maximum atomic E-state index is 14.2. The fourth-order valence-corrected chi connectivity index (χ4v) is 5.77. The number of halogens is 4. The van der Waals surface area contributed by atoms with Crippen LogP contribution in [0.5, 0.6) is 0 Å². The molecule has 1 heterocycles. The molecule has 1 aliphatic rings. The highest BCUT2D eigenvalue weighted by atomic mass is 79.9. The van der Waals surface area contributed by atoms with Crippen molar-refractivity contribution in [3.05, 3.63) is 64.4 Å². The highest BCUT2D eigenvalue weighted by molar-refractivity contribution is 9.10. The molecule has 1 aliphatic carbocycles. The second kappa shape index (κ2) is 14.0. The number of carbonyl (C=O) groups is 3. The van der Waals surface area contributed by atoms with Gasteiger partial charge in [0.25, 0.3) is 0 Å². The molecular weight excluding hydrogens is 657 g/mol. The van der Waals surface area contributed by atoms with Gasteiger partial charge in [0, 0.05) is 34.6 Å². The number of nitrogens with two attached hydrogens (primary N) is 1. The van der Waals surface area contributed by atoms with Crippen LogP contribution in [0.4, 0.5) is 23.7 Å². The van der Waals surface area contributed by atoms with E-state index in [0.29, 0.717) is 43.5 Å². The Morgan fingerprint density at radius 1 is 1.07 bits per heavy atom. The average molecular weight is 694 g/mol. The Kier molecular flexibility index (Phi) is 10.6. The number of alkyl carbamates (subject to hydrolysis) is 1. The zero-order valence-corrected chi connectivity index (χ0v) is 26.7. The van der Waals surface area contributed by atoms with Crippen LogP contribution in [0.3, 0.4) is 0 Å². The minimum atomic E-state index is -4.68. The van der Waals surface area contributed by atoms with E-state index in [0.717, 1.165) is 10.0 Å². The first-order chi connectivity index (χ1) is 21.1. The zero-order valence-electron chi connectivity index (χ0n) is 25.2. The first-order valence-electron chi connectivity index (χ1n) is 14.5. The number of benzene rings is 2. The van der Waals surface area contributed by atoms with Crippen LogP contribution in [0, 0.1) is 11.8 Å². The quantitative estimate of drug-likeness (QED) is 0.251. The molecule has 4 N–H and O–H groups in total. The van der Waals surface area contributed by atoms with Gasteiger partial charge in [0.2, 0.25) is 17.6 Å². The van der Waals surface area contributed by atoms with Gasteiger partial charge >= 0.3 is 12.3 Å². The molecule has 14 heteroatoms. The van der Waals surface area contributed by atoms with Crippen LogP contribution >= 0.6 is 15.9 Å². The maximum absolute atomic E-state index is 14.2. The molecule has 1 atom stereocenters. The minimum absolute atomic E-state index is 0.0920. The number of nitrogens with one attached hydrogen (secondary N) is 2. The van der Waals surface area contributed by atoms with Crippen molar-refractivity contribution in [2.75, 3.05) is 11.4 Å². The third-order valence-electron chi connectivity index (χ3n) is 7.50. The lowest BCUT2D eigenvalue weighted by molar-refractivity contribution is -0.144. The number of anilines is 1. The second-order valence-electron chi connectivity index (χ2n) is 12.1. The number of hydrogen-bond donors (Lipinski definition) is 3. The lowest BCUT2D eigenvalue weighted by atomic mass is 9.81. The molecule has 1 aromatic heterocycles. The summed E-state index contributed by atoms with van der Waals surface area (Å²) in [5.41, 5.74) is 6.75. The van der Waals surface area contributed by atoms with Crippen LogP contribution in [0.2, 0.25) is 0 Å². The molecule has 242 valence electrons. The van der Waals surface area contributed by atoms with Crippen LogP contribution < -0.4 is 16.0 Å². The molecule has 3 amide bonds. The van der Waals surface area contributed by atoms with Gasteiger partial charge in [0.15, 0.2) is 5.82 Å². The number of ether oxygens (including phenoxy) is 1. The Balaban J connectivity index is 1.55. The molecule has 0 spiro atoms. The van der Waals surface area contributed by atoms with Gasteiger partial charge in [0.05, 0.1) is 0 Å². The fourth-order valence-electron chi connectivity index (χ4n) is 5.32. The molecule has 0 bridgehead atoms. The number of amides is 3. The SMILES string of the molecule is CC(C)(C)OC(=O)NC[C@H]1CC[C@H](C(=O)N(c2ccc(-c3nnc(C(F)(F)F)[nH]3)cc2)[C@@H](Cc2cccc(Br)c2)C(N)=O)CC1. The second-order valence-corrected chi connectivity index (χ2v) is 13.0. The van der Waals surface area contributed by atoms with Crippen LogP contribution in [-0.4, -0.2) is 51.3 Å². The van der Waals surface area contributed by atoms with Gasteiger partial charge in [-0.1, -0.05) is 28.1 Å². The topological polar surface area (TPSA) is 143 Å². The number of nitrogens with zero attached hydrogens (tertiary/aromatic N) is 3. The van der Waals surface area contributed by atoms with Crippen molar-refractivity contribution >= 4 is 39.5 Å². The van der Waals surface area contributed by atoms with Crippen LogP contribution in [0.25, 0.3) is 11.4 Å². The highest BCUT2D eigenvalue weighted by Crippen LogP contribution is 2.34. The highest BCUT2D eigenvalue weighted by Gasteiger charge is 2.37. The number of aromatic amines is 1. The lowest BCUT2D eigenvalue weighted by Crippen LogP contribution is -2.52. The Labute approximate surface area is 267 Å². The van der Waals surface area contributed by atoms with E-state index in [1.807, 2.05) is 24.3 Å². The molecule has 0 radical (unpaired) electrons. The summed E-state index contributed by atoms with van der Waals surface area (Å²) in [6, 6.07) is 12.4. The van der Waals surface area contributed by atoms with Crippen LogP contribution in [0.1, 0.15) is 57.8 Å². The average Bonchev–Trinajstić information content (AvgIpc) is 3.47. The number of H-pyrrole nitrogens is 1. The molecular formula is C31H36BrF3N6O4. The van der Waals surface area contributed by atoms with Gasteiger partial charge in [-0.3, -0.25) is 14.5 Å². The summed E-state index contributed by atoms with van der Waals surface area (Å²) >= 11 is 3.43. The largest absolute Gasteiger partial charge is 0.451 e. The summed E-state index contributed by atoms with van der Waals surface area (Å²) in [5.74, 6) is -2.54. The van der Waals surface area contributed by atoms with Crippen molar-refractivity contribution in [2.24, 2.45) is 17.6 Å². The summed E-state index contributed by atoms with van der Waals surface area (Å²) in [7, 11) is 0. The first-order valence-corrected chi connectivity index (χ1v) is 15.3. The summed E-state index contributed by atoms with van der Waals surface area (Å²) in [6.45, 7) is 5.79. The first kappa shape index (κ1) is 33.9. The van der Waals surface area contributed by atoms with E-state index < -0.39 is 41.6 Å². The van der Waals surface area contributed by atoms with E-state index in [-0.39, 0.29) is 24.1 Å². The molecule has 1 saturated carbocycles. The monoisotopic (exact) mass is 692 g/mol. The van der Waals surface area contributed by atoms with E-state index in [1.54, 1.807) is 32.9 Å². The minimum Gasteiger partial charge on any atom is -0.444 e. The van der Waals surface area contributed by atoms with E-state index in [2.05, 4.69) is 36.4 Å². The third-order valence-corrected chi connectivity index (χ3v) is 7.99. The molecule has 0 aliphatic heterocycles. The molecule has 0 saturated heterocycles. The number of alkyl halides is 3. The maximum Gasteiger partial charge on any atom is 0.451 e. The fraction of sp³-hybridized carbons (Fsp3) is 0.452. The summed E-state index contributed by atoms with van der Waals surface area (Å²) < 4.78 is 45.2. The Hall–Kier alpha value is -3.94. The zero-order chi connectivity index (χ0) is 32.9. The molecule has 3 aromatic rings. The summed E-state index contributed by atoms with van der Waals surface area (Å²) in [4.78, 5) is 42.7. The molecule has 2 aromatic carbocycles. The smallest absolute Gasteiger partial charge is 0.444 e. The van der Waals surface area contributed by atoms with Gasteiger partial charge in [-0.15, -0.1) is 10.2 Å².